The average Bonchev–Trinajstić information content (AvgIpc) is 3.82. The molecule has 1 saturated heterocycles. The molecule has 3 amide bonds. The molecule has 0 bridgehead atoms. The fraction of sp³-hybridized carbons (Fsp3) is 0.182. The molecular weight excluding hydrogens is 606 g/mol. The number of aromatic amines is 1. The second-order valence-corrected chi connectivity index (χ2v) is 10.7. The maximum absolute atomic E-state index is 13.5. The number of rotatable bonds is 10. The Morgan fingerprint density at radius 3 is 2.45 bits per heavy atom. The summed E-state index contributed by atoms with van der Waals surface area (Å²) in [4.78, 5) is 54.3. The highest BCUT2D eigenvalue weighted by Crippen LogP contribution is 2.28. The number of aliphatic hydroxyl groups is 1. The minimum Gasteiger partial charge on any atom is -0.445 e. The zero-order valence-electron chi connectivity index (χ0n) is 24.8. The van der Waals surface area contributed by atoms with Gasteiger partial charge in [0.1, 0.15) is 6.73 Å². The number of nitrogens with zero attached hydrogens (tertiary/aromatic N) is 4. The number of hydrogen-bond acceptors (Lipinski definition) is 10. The number of aromatic nitrogens is 4. The van der Waals surface area contributed by atoms with E-state index in [4.69, 9.17) is 9.15 Å². The summed E-state index contributed by atoms with van der Waals surface area (Å²) in [5.74, 6) is -2.84. The van der Waals surface area contributed by atoms with E-state index in [1.165, 1.54) is 4.90 Å². The fourth-order valence-corrected chi connectivity index (χ4v) is 5.20. The van der Waals surface area contributed by atoms with Crippen molar-refractivity contribution in [2.45, 2.75) is 24.6 Å². The summed E-state index contributed by atoms with van der Waals surface area (Å²) in [7, 11) is 0. The summed E-state index contributed by atoms with van der Waals surface area (Å²) in [5.41, 5.74) is 1.83. The predicted molar refractivity (Wildman–Crippen MR) is 167 cm³/mol. The summed E-state index contributed by atoms with van der Waals surface area (Å²) in [6.45, 7) is 0.222. The van der Waals surface area contributed by atoms with Crippen molar-refractivity contribution in [2.24, 2.45) is 0 Å². The van der Waals surface area contributed by atoms with Gasteiger partial charge in [0.05, 0.1) is 18.7 Å². The van der Waals surface area contributed by atoms with E-state index in [0.29, 0.717) is 17.1 Å². The SMILES string of the molecule is O=C(N[C@@H](Cc1ccccc1)[C@H](O)C(=O)Nc1cccc(-c2nn[nH]n2)c1)c1cc(=O)cc(C(=O)N2COCC2c2ccccc2)o1. The van der Waals surface area contributed by atoms with Gasteiger partial charge in [-0.3, -0.25) is 19.2 Å². The standard InChI is InChI=1S/C33H29N7O7/c41-24-16-27(47-28(17-24)33(45)40-19-46-18-26(40)21-10-5-2-6-11-21)31(43)35-25(14-20-8-3-1-4-9-20)29(42)32(44)34-23-13-7-12-22(15-23)30-36-38-39-37-30/h1-13,15-17,25-26,29,42H,14,18-19H2,(H,34,44)(H,35,43)(H,36,37,38,39)/t25-,26?,29-/m0/s1. The van der Waals surface area contributed by atoms with Gasteiger partial charge in [-0.05, 0) is 34.9 Å². The lowest BCUT2D eigenvalue weighted by Crippen LogP contribution is -2.50. The van der Waals surface area contributed by atoms with E-state index < -0.39 is 47.1 Å². The smallest absolute Gasteiger partial charge is 0.292 e. The van der Waals surface area contributed by atoms with Crippen LogP contribution in [0.1, 0.15) is 38.3 Å². The summed E-state index contributed by atoms with van der Waals surface area (Å²) < 4.78 is 11.2. The molecule has 1 aliphatic heterocycles. The number of amides is 3. The van der Waals surface area contributed by atoms with Crippen LogP contribution < -0.4 is 16.1 Å². The van der Waals surface area contributed by atoms with Crippen molar-refractivity contribution in [1.82, 2.24) is 30.8 Å². The Kier molecular flexibility index (Phi) is 9.22. The predicted octanol–water partition coefficient (Wildman–Crippen LogP) is 2.33. The Bertz CT molecular complexity index is 1920. The molecular formula is C33H29N7O7. The van der Waals surface area contributed by atoms with Crippen molar-refractivity contribution in [2.75, 3.05) is 18.7 Å². The highest BCUT2D eigenvalue weighted by molar-refractivity contribution is 5.97. The molecule has 3 atom stereocenters. The van der Waals surface area contributed by atoms with Crippen molar-refractivity contribution in [1.29, 1.82) is 0 Å². The van der Waals surface area contributed by atoms with E-state index >= 15 is 0 Å². The van der Waals surface area contributed by atoms with Gasteiger partial charge in [0.2, 0.25) is 5.82 Å². The molecule has 3 heterocycles. The van der Waals surface area contributed by atoms with Crippen LogP contribution in [0.3, 0.4) is 0 Å². The van der Waals surface area contributed by atoms with Crippen LogP contribution in [0.4, 0.5) is 5.69 Å². The molecule has 1 aliphatic rings. The van der Waals surface area contributed by atoms with Crippen LogP contribution in [-0.2, 0) is 16.0 Å². The minimum absolute atomic E-state index is 0.0308. The lowest BCUT2D eigenvalue weighted by Gasteiger charge is -2.24. The maximum atomic E-state index is 13.5. The van der Waals surface area contributed by atoms with Gasteiger partial charge in [-0.1, -0.05) is 72.8 Å². The van der Waals surface area contributed by atoms with Crippen LogP contribution in [-0.4, -0.2) is 73.8 Å². The molecule has 14 heteroatoms. The third-order valence-corrected chi connectivity index (χ3v) is 7.53. The van der Waals surface area contributed by atoms with E-state index in [1.54, 1.807) is 48.5 Å². The molecule has 2 aromatic heterocycles. The molecule has 1 unspecified atom stereocenters. The Hall–Kier alpha value is -5.99. The third kappa shape index (κ3) is 7.30. The van der Waals surface area contributed by atoms with Crippen molar-refractivity contribution in [3.63, 3.8) is 0 Å². The number of carbonyl (C=O) groups is 3. The Morgan fingerprint density at radius 2 is 1.70 bits per heavy atom. The topological polar surface area (TPSA) is 193 Å². The molecule has 5 aromatic rings. The molecule has 6 rings (SSSR count). The lowest BCUT2D eigenvalue weighted by atomic mass is 10.00. The van der Waals surface area contributed by atoms with Crippen molar-refractivity contribution >= 4 is 23.4 Å². The maximum Gasteiger partial charge on any atom is 0.292 e. The highest BCUT2D eigenvalue weighted by Gasteiger charge is 2.34. The van der Waals surface area contributed by atoms with Crippen LogP contribution in [0.2, 0.25) is 0 Å². The number of hydrogen-bond donors (Lipinski definition) is 4. The van der Waals surface area contributed by atoms with Crippen molar-refractivity contribution < 1.29 is 28.6 Å². The first-order valence-corrected chi connectivity index (χ1v) is 14.6. The number of anilines is 1. The van der Waals surface area contributed by atoms with Gasteiger partial charge in [0.25, 0.3) is 17.7 Å². The molecule has 0 radical (unpaired) electrons. The molecule has 0 aliphatic carbocycles. The molecule has 238 valence electrons. The number of benzene rings is 3. The second kappa shape index (κ2) is 14.0. The van der Waals surface area contributed by atoms with E-state index in [9.17, 15) is 24.3 Å². The van der Waals surface area contributed by atoms with Crippen LogP contribution in [0.15, 0.2) is 106 Å². The largest absolute Gasteiger partial charge is 0.445 e. The van der Waals surface area contributed by atoms with Gasteiger partial charge in [-0.2, -0.15) is 5.21 Å². The first-order valence-electron chi connectivity index (χ1n) is 14.6. The Labute approximate surface area is 267 Å². The van der Waals surface area contributed by atoms with Crippen LogP contribution in [0, 0.1) is 0 Å². The highest BCUT2D eigenvalue weighted by atomic mass is 16.5. The Balaban J connectivity index is 1.21. The first-order chi connectivity index (χ1) is 22.9. The normalized spacial score (nSPS) is 15.5. The van der Waals surface area contributed by atoms with Gasteiger partial charge in [0.15, 0.2) is 23.1 Å². The molecule has 0 saturated carbocycles. The number of nitrogens with one attached hydrogen (secondary N) is 3. The Morgan fingerprint density at radius 1 is 0.957 bits per heavy atom. The molecule has 1 fully saturated rings. The summed E-state index contributed by atoms with van der Waals surface area (Å²) in [6, 6.07) is 25.2. The summed E-state index contributed by atoms with van der Waals surface area (Å²) in [6.07, 6.45) is -1.69. The zero-order valence-corrected chi connectivity index (χ0v) is 24.8. The second-order valence-electron chi connectivity index (χ2n) is 10.7. The molecule has 0 spiro atoms. The fourth-order valence-electron chi connectivity index (χ4n) is 5.20. The van der Waals surface area contributed by atoms with Crippen LogP contribution >= 0.6 is 0 Å². The monoisotopic (exact) mass is 635 g/mol. The van der Waals surface area contributed by atoms with Gasteiger partial charge >= 0.3 is 0 Å². The minimum atomic E-state index is -1.74. The summed E-state index contributed by atoms with van der Waals surface area (Å²) >= 11 is 0. The molecule has 47 heavy (non-hydrogen) atoms. The average molecular weight is 636 g/mol. The van der Waals surface area contributed by atoms with E-state index in [2.05, 4.69) is 31.3 Å². The number of H-pyrrole nitrogens is 1. The van der Waals surface area contributed by atoms with Gasteiger partial charge in [0, 0.05) is 23.4 Å². The van der Waals surface area contributed by atoms with Gasteiger partial charge in [-0.15, -0.1) is 10.2 Å². The van der Waals surface area contributed by atoms with E-state index in [1.807, 2.05) is 36.4 Å². The quantitative estimate of drug-likeness (QED) is 0.177. The van der Waals surface area contributed by atoms with Crippen LogP contribution in [0.25, 0.3) is 11.4 Å². The zero-order chi connectivity index (χ0) is 32.8. The molecule has 3 aromatic carbocycles. The lowest BCUT2D eigenvalue weighted by molar-refractivity contribution is -0.125. The first kappa shape index (κ1) is 31.0. The van der Waals surface area contributed by atoms with Crippen molar-refractivity contribution in [3.05, 3.63) is 130 Å². The number of tetrazole rings is 1. The third-order valence-electron chi connectivity index (χ3n) is 7.53. The number of ether oxygens (including phenoxy) is 1. The number of aliphatic hydroxyl groups excluding tert-OH is 1. The number of carbonyl (C=O) groups excluding carboxylic acids is 3. The van der Waals surface area contributed by atoms with Crippen LogP contribution in [0.5, 0.6) is 0 Å². The van der Waals surface area contributed by atoms with Gasteiger partial charge < -0.3 is 29.8 Å². The molecule has 14 nitrogen and oxygen atoms in total. The summed E-state index contributed by atoms with van der Waals surface area (Å²) in [5, 5.41) is 30.2. The van der Waals surface area contributed by atoms with Gasteiger partial charge in [-0.25, -0.2) is 0 Å². The van der Waals surface area contributed by atoms with E-state index in [0.717, 1.165) is 23.3 Å². The molecule has 4 N–H and O–H groups in total. The van der Waals surface area contributed by atoms with E-state index in [-0.39, 0.29) is 25.5 Å². The van der Waals surface area contributed by atoms with Crippen molar-refractivity contribution in [3.8, 4) is 11.4 Å².